The summed E-state index contributed by atoms with van der Waals surface area (Å²) in [6, 6.07) is -0.188. The molecule has 1 fully saturated rings. The van der Waals surface area contributed by atoms with Gasteiger partial charge in [0.1, 0.15) is 0 Å². The smallest absolute Gasteiger partial charge is 0.234 e. The van der Waals surface area contributed by atoms with Crippen LogP contribution < -0.4 is 5.73 Å². The van der Waals surface area contributed by atoms with E-state index in [2.05, 4.69) is 4.90 Å². The quantitative estimate of drug-likeness (QED) is 0.726. The third kappa shape index (κ3) is 3.20. The molecular formula is C11H21N3O2. The molecule has 0 radical (unpaired) electrons. The van der Waals surface area contributed by atoms with Crippen molar-refractivity contribution in [3.8, 4) is 0 Å². The molecule has 2 N–H and O–H groups in total. The van der Waals surface area contributed by atoms with E-state index < -0.39 is 0 Å². The Kier molecular flexibility index (Phi) is 4.73. The summed E-state index contributed by atoms with van der Waals surface area (Å²) in [5.41, 5.74) is 5.36. The van der Waals surface area contributed by atoms with Crippen LogP contribution in [0.2, 0.25) is 0 Å². The molecular weight excluding hydrogens is 206 g/mol. The molecule has 16 heavy (non-hydrogen) atoms. The molecule has 1 heterocycles. The minimum atomic E-state index is -0.265. The topological polar surface area (TPSA) is 66.6 Å². The largest absolute Gasteiger partial charge is 0.368 e. The number of amides is 2. The summed E-state index contributed by atoms with van der Waals surface area (Å²) >= 11 is 0. The van der Waals surface area contributed by atoms with Crippen LogP contribution in [-0.2, 0) is 9.59 Å². The number of hydrogen-bond donors (Lipinski definition) is 1. The predicted molar refractivity (Wildman–Crippen MR) is 61.7 cm³/mol. The molecule has 0 aromatic rings. The summed E-state index contributed by atoms with van der Waals surface area (Å²) in [6.07, 6.45) is 1.64. The van der Waals surface area contributed by atoms with Gasteiger partial charge in [-0.15, -0.1) is 0 Å². The highest BCUT2D eigenvalue weighted by molar-refractivity contribution is 5.79. The summed E-state index contributed by atoms with van der Waals surface area (Å²) in [4.78, 5) is 26.4. The summed E-state index contributed by atoms with van der Waals surface area (Å²) < 4.78 is 0. The van der Waals surface area contributed by atoms with Crippen molar-refractivity contribution in [1.29, 1.82) is 0 Å². The standard InChI is InChI=1S/C11H21N3O2/c1-3-10(11(12)16)14-6-4-5-13(7-8-14)9(2)15/h10H,3-8H2,1-2H3,(H2,12,16). The second kappa shape index (κ2) is 5.84. The minimum Gasteiger partial charge on any atom is -0.368 e. The van der Waals surface area contributed by atoms with Crippen LogP contribution in [0, 0.1) is 0 Å². The Hall–Kier alpha value is -1.10. The van der Waals surface area contributed by atoms with Gasteiger partial charge in [0.2, 0.25) is 11.8 Å². The van der Waals surface area contributed by atoms with E-state index in [9.17, 15) is 9.59 Å². The SMILES string of the molecule is CCC(C(N)=O)N1CCCN(C(C)=O)CC1. The van der Waals surface area contributed by atoms with E-state index in [4.69, 9.17) is 5.73 Å². The highest BCUT2D eigenvalue weighted by Gasteiger charge is 2.24. The van der Waals surface area contributed by atoms with Gasteiger partial charge in [-0.25, -0.2) is 0 Å². The van der Waals surface area contributed by atoms with Gasteiger partial charge in [0, 0.05) is 33.1 Å². The fraction of sp³-hybridized carbons (Fsp3) is 0.818. The Labute approximate surface area is 96.6 Å². The normalized spacial score (nSPS) is 20.2. The summed E-state index contributed by atoms with van der Waals surface area (Å²) in [5, 5.41) is 0. The van der Waals surface area contributed by atoms with Crippen LogP contribution in [0.15, 0.2) is 0 Å². The van der Waals surface area contributed by atoms with Gasteiger partial charge in [-0.3, -0.25) is 14.5 Å². The molecule has 5 nitrogen and oxygen atoms in total. The fourth-order valence-corrected chi connectivity index (χ4v) is 2.20. The van der Waals surface area contributed by atoms with E-state index in [1.807, 2.05) is 11.8 Å². The third-order valence-corrected chi connectivity index (χ3v) is 3.13. The molecule has 0 aromatic heterocycles. The van der Waals surface area contributed by atoms with Gasteiger partial charge in [0.25, 0.3) is 0 Å². The average molecular weight is 227 g/mol. The van der Waals surface area contributed by atoms with E-state index >= 15 is 0 Å². The molecule has 0 spiro atoms. The lowest BCUT2D eigenvalue weighted by Gasteiger charge is -2.27. The van der Waals surface area contributed by atoms with Crippen LogP contribution in [0.3, 0.4) is 0 Å². The highest BCUT2D eigenvalue weighted by Crippen LogP contribution is 2.09. The van der Waals surface area contributed by atoms with Crippen molar-refractivity contribution >= 4 is 11.8 Å². The number of hydrogen-bond acceptors (Lipinski definition) is 3. The molecule has 1 unspecified atom stereocenters. The first-order valence-corrected chi connectivity index (χ1v) is 5.85. The van der Waals surface area contributed by atoms with Crippen LogP contribution >= 0.6 is 0 Å². The van der Waals surface area contributed by atoms with Crippen molar-refractivity contribution in [2.24, 2.45) is 5.73 Å². The molecule has 2 amide bonds. The Morgan fingerprint density at radius 2 is 1.94 bits per heavy atom. The van der Waals surface area contributed by atoms with E-state index in [0.717, 1.165) is 32.5 Å². The lowest BCUT2D eigenvalue weighted by Crippen LogP contribution is -2.46. The maximum Gasteiger partial charge on any atom is 0.234 e. The van der Waals surface area contributed by atoms with E-state index in [-0.39, 0.29) is 17.9 Å². The third-order valence-electron chi connectivity index (χ3n) is 3.13. The number of primary amides is 1. The highest BCUT2D eigenvalue weighted by atomic mass is 16.2. The Balaban J connectivity index is 2.58. The zero-order valence-electron chi connectivity index (χ0n) is 10.1. The zero-order chi connectivity index (χ0) is 12.1. The predicted octanol–water partition coefficient (Wildman–Crippen LogP) is -0.195. The van der Waals surface area contributed by atoms with Crippen molar-refractivity contribution in [3.63, 3.8) is 0 Å². The molecule has 0 bridgehead atoms. The lowest BCUT2D eigenvalue weighted by molar-refractivity contribution is -0.128. The molecule has 1 rings (SSSR count). The Bertz CT molecular complexity index is 268. The van der Waals surface area contributed by atoms with Crippen molar-refractivity contribution in [2.45, 2.75) is 32.7 Å². The molecule has 1 saturated heterocycles. The van der Waals surface area contributed by atoms with Crippen molar-refractivity contribution in [1.82, 2.24) is 9.80 Å². The molecule has 1 atom stereocenters. The molecule has 0 aromatic carbocycles. The van der Waals surface area contributed by atoms with Crippen molar-refractivity contribution in [3.05, 3.63) is 0 Å². The van der Waals surface area contributed by atoms with E-state index in [0.29, 0.717) is 6.54 Å². The summed E-state index contributed by atoms with van der Waals surface area (Å²) in [6.45, 7) is 6.59. The minimum absolute atomic E-state index is 0.106. The van der Waals surface area contributed by atoms with Crippen LogP contribution in [0.5, 0.6) is 0 Å². The molecule has 0 aliphatic carbocycles. The van der Waals surface area contributed by atoms with Gasteiger partial charge in [-0.2, -0.15) is 0 Å². The number of carbonyl (C=O) groups excluding carboxylic acids is 2. The van der Waals surface area contributed by atoms with Gasteiger partial charge < -0.3 is 10.6 Å². The molecule has 92 valence electrons. The second-order valence-electron chi connectivity index (χ2n) is 4.22. The summed E-state index contributed by atoms with van der Waals surface area (Å²) in [7, 11) is 0. The summed E-state index contributed by atoms with van der Waals surface area (Å²) in [5.74, 6) is -0.159. The second-order valence-corrected chi connectivity index (χ2v) is 4.22. The number of carbonyl (C=O) groups is 2. The maximum absolute atomic E-state index is 11.3. The average Bonchev–Trinajstić information content (AvgIpc) is 2.44. The first-order chi connectivity index (χ1) is 7.56. The van der Waals surface area contributed by atoms with E-state index in [1.165, 1.54) is 0 Å². The Morgan fingerprint density at radius 1 is 1.25 bits per heavy atom. The molecule has 1 aliphatic rings. The van der Waals surface area contributed by atoms with Gasteiger partial charge in [0.05, 0.1) is 6.04 Å². The van der Waals surface area contributed by atoms with Crippen molar-refractivity contribution in [2.75, 3.05) is 26.2 Å². The molecule has 5 heteroatoms. The van der Waals surface area contributed by atoms with E-state index in [1.54, 1.807) is 6.92 Å². The first-order valence-electron chi connectivity index (χ1n) is 5.85. The number of rotatable bonds is 3. The first kappa shape index (κ1) is 13.0. The monoisotopic (exact) mass is 227 g/mol. The number of nitrogens with zero attached hydrogens (tertiary/aromatic N) is 2. The van der Waals surface area contributed by atoms with Crippen LogP contribution in [0.4, 0.5) is 0 Å². The molecule has 1 aliphatic heterocycles. The lowest BCUT2D eigenvalue weighted by atomic mass is 10.1. The Morgan fingerprint density at radius 3 is 2.44 bits per heavy atom. The number of nitrogens with two attached hydrogens (primary N) is 1. The fourth-order valence-electron chi connectivity index (χ4n) is 2.20. The van der Waals surface area contributed by atoms with Crippen LogP contribution in [0.25, 0.3) is 0 Å². The van der Waals surface area contributed by atoms with Gasteiger partial charge in [-0.05, 0) is 12.8 Å². The zero-order valence-corrected chi connectivity index (χ0v) is 10.1. The van der Waals surface area contributed by atoms with Crippen molar-refractivity contribution < 1.29 is 9.59 Å². The van der Waals surface area contributed by atoms with Crippen LogP contribution in [-0.4, -0.2) is 53.8 Å². The van der Waals surface area contributed by atoms with Crippen LogP contribution in [0.1, 0.15) is 26.7 Å². The maximum atomic E-state index is 11.3. The van der Waals surface area contributed by atoms with Gasteiger partial charge >= 0.3 is 0 Å². The molecule has 0 saturated carbocycles. The van der Waals surface area contributed by atoms with Gasteiger partial charge in [-0.1, -0.05) is 6.92 Å². The van der Waals surface area contributed by atoms with Gasteiger partial charge in [0.15, 0.2) is 0 Å².